The molecule has 0 amide bonds. The summed E-state index contributed by atoms with van der Waals surface area (Å²) in [5, 5.41) is 0. The van der Waals surface area contributed by atoms with E-state index in [2.05, 4.69) is 20.8 Å². The molecule has 2 heterocycles. The molecule has 2 heteroatoms. The second-order valence-corrected chi connectivity index (χ2v) is 4.92. The molecule has 0 radical (unpaired) electrons. The van der Waals surface area contributed by atoms with E-state index in [1.54, 1.807) is 0 Å². The molecule has 0 aliphatic carbocycles. The molecule has 0 fully saturated rings. The molecular weight excluding hydrogens is 168 g/mol. The summed E-state index contributed by atoms with van der Waals surface area (Å²) < 4.78 is 5.79. The Hall–Kier alpha value is -0.500. The number of hydrogen-bond donors (Lipinski definition) is 0. The lowest BCUT2D eigenvalue weighted by molar-refractivity contribution is 0.192. The van der Waals surface area contributed by atoms with Crippen molar-refractivity contribution in [2.75, 3.05) is 0 Å². The van der Waals surface area contributed by atoms with Crippen LogP contribution in [-0.2, 0) is 6.42 Å². The molecule has 1 aliphatic rings. The van der Waals surface area contributed by atoms with E-state index >= 15 is 0 Å². The summed E-state index contributed by atoms with van der Waals surface area (Å²) >= 11 is 1.86. The van der Waals surface area contributed by atoms with E-state index < -0.39 is 0 Å². The molecular formula is C10H14OS. The molecule has 0 N–H and O–H groups in total. The van der Waals surface area contributed by atoms with Gasteiger partial charge in [-0.05, 0) is 33.6 Å². The van der Waals surface area contributed by atoms with Crippen molar-refractivity contribution in [3.63, 3.8) is 0 Å². The van der Waals surface area contributed by atoms with Gasteiger partial charge in [-0.1, -0.05) is 0 Å². The Balaban J connectivity index is 2.45. The van der Waals surface area contributed by atoms with Gasteiger partial charge in [0.15, 0.2) is 0 Å². The normalized spacial score (nSPS) is 21.8. The maximum Gasteiger partial charge on any atom is 0.136 e. The third-order valence-electron chi connectivity index (χ3n) is 2.44. The maximum atomic E-state index is 5.79. The summed E-state index contributed by atoms with van der Waals surface area (Å²) in [5.41, 5.74) is 1.45. The highest BCUT2D eigenvalue weighted by Gasteiger charge is 2.21. The topological polar surface area (TPSA) is 9.23 Å². The first-order valence-electron chi connectivity index (χ1n) is 4.44. The molecule has 0 bridgehead atoms. The predicted molar refractivity (Wildman–Crippen MR) is 52.2 cm³/mol. The van der Waals surface area contributed by atoms with Gasteiger partial charge >= 0.3 is 0 Å². The van der Waals surface area contributed by atoms with Gasteiger partial charge in [0.1, 0.15) is 5.75 Å². The Bertz CT molecular complexity index is 301. The van der Waals surface area contributed by atoms with Crippen molar-refractivity contribution in [1.82, 2.24) is 0 Å². The minimum absolute atomic E-state index is 0.408. The molecule has 2 rings (SSSR count). The van der Waals surface area contributed by atoms with Crippen molar-refractivity contribution in [1.29, 1.82) is 0 Å². The van der Waals surface area contributed by atoms with E-state index in [0.717, 1.165) is 0 Å². The van der Waals surface area contributed by atoms with E-state index in [1.807, 2.05) is 11.3 Å². The first-order chi connectivity index (χ1) is 5.68. The summed E-state index contributed by atoms with van der Waals surface area (Å²) in [5.74, 6) is 1.18. The van der Waals surface area contributed by atoms with E-state index in [4.69, 9.17) is 4.74 Å². The van der Waals surface area contributed by atoms with Crippen LogP contribution < -0.4 is 4.74 Å². The molecule has 1 aromatic heterocycles. The molecule has 0 aromatic carbocycles. The van der Waals surface area contributed by atoms with Gasteiger partial charge in [-0.2, -0.15) is 0 Å². The monoisotopic (exact) mass is 182 g/mol. The second kappa shape index (κ2) is 2.77. The Morgan fingerprint density at radius 1 is 1.33 bits per heavy atom. The van der Waals surface area contributed by atoms with Crippen LogP contribution in [0.25, 0.3) is 0 Å². The summed E-state index contributed by atoms with van der Waals surface area (Å²) in [6.45, 7) is 6.49. The molecule has 66 valence electrons. The number of thiophene rings is 1. The van der Waals surface area contributed by atoms with Crippen molar-refractivity contribution >= 4 is 11.3 Å². The maximum absolute atomic E-state index is 5.79. The highest BCUT2D eigenvalue weighted by atomic mass is 32.1. The number of ether oxygens (including phenoxy) is 1. The molecule has 0 saturated heterocycles. The van der Waals surface area contributed by atoms with Gasteiger partial charge in [-0.25, -0.2) is 0 Å². The average Bonchev–Trinajstić information content (AvgIpc) is 2.28. The molecule has 1 unspecified atom stereocenters. The van der Waals surface area contributed by atoms with Crippen LogP contribution in [-0.4, -0.2) is 6.10 Å². The molecule has 1 nitrogen and oxygen atoms in total. The van der Waals surface area contributed by atoms with Crippen molar-refractivity contribution in [2.24, 2.45) is 0 Å². The average molecular weight is 182 g/mol. The summed E-state index contributed by atoms with van der Waals surface area (Å²) in [6.07, 6.45) is 2.78. The SMILES string of the molecule is Cc1sc(C)c2c1CCC(C)O2. The zero-order valence-electron chi connectivity index (χ0n) is 7.81. The highest BCUT2D eigenvalue weighted by molar-refractivity contribution is 7.12. The summed E-state index contributed by atoms with van der Waals surface area (Å²) in [4.78, 5) is 2.78. The highest BCUT2D eigenvalue weighted by Crippen LogP contribution is 2.38. The fraction of sp³-hybridized carbons (Fsp3) is 0.600. The van der Waals surface area contributed by atoms with Crippen LogP contribution in [0.2, 0.25) is 0 Å². The smallest absolute Gasteiger partial charge is 0.136 e. The molecule has 0 saturated carbocycles. The predicted octanol–water partition coefficient (Wildman–Crippen LogP) is 3.08. The zero-order valence-corrected chi connectivity index (χ0v) is 8.62. The van der Waals surface area contributed by atoms with Gasteiger partial charge < -0.3 is 4.74 Å². The number of aryl methyl sites for hydroxylation is 2. The molecule has 1 atom stereocenters. The second-order valence-electron chi connectivity index (χ2n) is 3.49. The summed E-state index contributed by atoms with van der Waals surface area (Å²) in [6, 6.07) is 0. The number of rotatable bonds is 0. The molecule has 0 spiro atoms. The molecule has 12 heavy (non-hydrogen) atoms. The van der Waals surface area contributed by atoms with Gasteiger partial charge in [0, 0.05) is 15.3 Å². The van der Waals surface area contributed by atoms with Crippen molar-refractivity contribution < 1.29 is 4.74 Å². The minimum atomic E-state index is 0.408. The van der Waals surface area contributed by atoms with Crippen LogP contribution in [0, 0.1) is 13.8 Å². The lowest BCUT2D eigenvalue weighted by Crippen LogP contribution is -2.18. The fourth-order valence-corrected chi connectivity index (χ4v) is 2.80. The van der Waals surface area contributed by atoms with Crippen LogP contribution in [0.3, 0.4) is 0 Å². The minimum Gasteiger partial charge on any atom is -0.489 e. The Morgan fingerprint density at radius 2 is 2.08 bits per heavy atom. The fourth-order valence-electron chi connectivity index (χ4n) is 1.76. The first-order valence-corrected chi connectivity index (χ1v) is 5.25. The van der Waals surface area contributed by atoms with Crippen LogP contribution in [0.5, 0.6) is 5.75 Å². The van der Waals surface area contributed by atoms with E-state index in [0.29, 0.717) is 6.10 Å². The van der Waals surface area contributed by atoms with Gasteiger partial charge in [0.25, 0.3) is 0 Å². The molecule has 1 aromatic rings. The van der Waals surface area contributed by atoms with Crippen molar-refractivity contribution in [3.8, 4) is 5.75 Å². The largest absolute Gasteiger partial charge is 0.489 e. The van der Waals surface area contributed by atoms with Gasteiger partial charge in [0.05, 0.1) is 6.10 Å². The van der Waals surface area contributed by atoms with E-state index in [1.165, 1.54) is 33.9 Å². The standard InChI is InChI=1S/C10H14OS/c1-6-4-5-9-7(2)12-8(3)10(9)11-6/h6H,4-5H2,1-3H3. The Morgan fingerprint density at radius 3 is 2.83 bits per heavy atom. The van der Waals surface area contributed by atoms with Crippen molar-refractivity contribution in [3.05, 3.63) is 15.3 Å². The van der Waals surface area contributed by atoms with Crippen LogP contribution in [0.4, 0.5) is 0 Å². The Kier molecular flexibility index (Phi) is 1.87. The number of hydrogen-bond acceptors (Lipinski definition) is 2. The van der Waals surface area contributed by atoms with E-state index in [-0.39, 0.29) is 0 Å². The quantitative estimate of drug-likeness (QED) is 0.599. The van der Waals surface area contributed by atoms with Gasteiger partial charge in [0.2, 0.25) is 0 Å². The number of fused-ring (bicyclic) bond motifs is 1. The Labute approximate surface area is 77.4 Å². The van der Waals surface area contributed by atoms with Crippen LogP contribution >= 0.6 is 11.3 Å². The van der Waals surface area contributed by atoms with Gasteiger partial charge in [-0.15, -0.1) is 11.3 Å². The zero-order chi connectivity index (χ0) is 8.72. The first kappa shape index (κ1) is 8.11. The third kappa shape index (κ3) is 1.14. The summed E-state index contributed by atoms with van der Waals surface area (Å²) in [7, 11) is 0. The molecule has 1 aliphatic heterocycles. The van der Waals surface area contributed by atoms with Gasteiger partial charge in [-0.3, -0.25) is 0 Å². The third-order valence-corrected chi connectivity index (χ3v) is 3.49. The van der Waals surface area contributed by atoms with E-state index in [9.17, 15) is 0 Å². The lowest BCUT2D eigenvalue weighted by atomic mass is 10.0. The lowest BCUT2D eigenvalue weighted by Gasteiger charge is -2.21. The van der Waals surface area contributed by atoms with Crippen molar-refractivity contribution in [2.45, 2.75) is 39.7 Å². The van der Waals surface area contributed by atoms with Crippen LogP contribution in [0.15, 0.2) is 0 Å². The van der Waals surface area contributed by atoms with Crippen LogP contribution in [0.1, 0.15) is 28.7 Å².